The van der Waals surface area contributed by atoms with Gasteiger partial charge < -0.3 is 0 Å². The van der Waals surface area contributed by atoms with Crippen LogP contribution in [0.4, 0.5) is 0 Å². The maximum atomic E-state index is 12.3. The van der Waals surface area contributed by atoms with Crippen molar-refractivity contribution in [2.45, 2.75) is 32.2 Å². The molecule has 1 unspecified atom stereocenters. The van der Waals surface area contributed by atoms with E-state index in [1.807, 2.05) is 31.2 Å². The third-order valence-corrected chi connectivity index (χ3v) is 6.97. The van der Waals surface area contributed by atoms with Crippen LogP contribution in [0.3, 0.4) is 0 Å². The van der Waals surface area contributed by atoms with Crippen molar-refractivity contribution in [3.8, 4) is 0 Å². The summed E-state index contributed by atoms with van der Waals surface area (Å²) < 4.78 is 29.8. The quantitative estimate of drug-likeness (QED) is 0.842. The lowest BCUT2D eigenvalue weighted by molar-refractivity contribution is 0.351. The first kappa shape index (κ1) is 15.9. The zero-order valence-electron chi connectivity index (χ0n) is 12.8. The largest absolute Gasteiger partial charge is 0.279 e. The molecule has 0 aliphatic heterocycles. The van der Waals surface area contributed by atoms with Gasteiger partial charge in [-0.25, -0.2) is 9.71 Å². The molecule has 1 saturated carbocycles. The third-order valence-electron chi connectivity index (χ3n) is 4.22. The molecule has 3 rings (SSSR count). The lowest BCUT2D eigenvalue weighted by atomic mass is 10.2. The summed E-state index contributed by atoms with van der Waals surface area (Å²) in [5.41, 5.74) is 0.977. The number of nitrogens with one attached hydrogen (secondary N) is 1. The number of aromatic nitrogens is 1. The van der Waals surface area contributed by atoms with Crippen molar-refractivity contribution in [3.63, 3.8) is 0 Å². The second-order valence-corrected chi connectivity index (χ2v) is 8.75. The minimum absolute atomic E-state index is 0.0694. The highest BCUT2D eigenvalue weighted by Crippen LogP contribution is 2.35. The number of hydrogen-bond donors (Lipinski definition) is 1. The van der Waals surface area contributed by atoms with E-state index >= 15 is 0 Å². The molecule has 0 amide bonds. The normalized spacial score (nSPS) is 17.2. The van der Waals surface area contributed by atoms with Crippen molar-refractivity contribution >= 4 is 31.8 Å². The first-order chi connectivity index (χ1) is 10.5. The van der Waals surface area contributed by atoms with E-state index in [9.17, 15) is 8.42 Å². The van der Waals surface area contributed by atoms with E-state index in [1.165, 1.54) is 4.31 Å². The first-order valence-corrected chi connectivity index (χ1v) is 9.80. The van der Waals surface area contributed by atoms with Gasteiger partial charge in [0, 0.05) is 26.1 Å². The molecule has 120 valence electrons. The molecular weight excluding hydrogens is 318 g/mol. The van der Waals surface area contributed by atoms with Crippen LogP contribution in [0.25, 0.3) is 10.2 Å². The fourth-order valence-corrected chi connectivity index (χ4v) is 4.65. The van der Waals surface area contributed by atoms with Gasteiger partial charge in [-0.15, -0.1) is 11.3 Å². The van der Waals surface area contributed by atoms with E-state index in [0.717, 1.165) is 28.1 Å². The Labute approximate surface area is 135 Å². The molecule has 1 heterocycles. The number of benzene rings is 1. The van der Waals surface area contributed by atoms with Gasteiger partial charge in [-0.1, -0.05) is 12.1 Å². The molecular formula is C15H21N3O2S2. The van der Waals surface area contributed by atoms with E-state index in [-0.39, 0.29) is 6.04 Å². The molecule has 0 bridgehead atoms. The zero-order valence-corrected chi connectivity index (χ0v) is 14.5. The number of thiazole rings is 1. The molecule has 1 aliphatic carbocycles. The van der Waals surface area contributed by atoms with Crippen LogP contribution in [0, 0.1) is 5.92 Å². The zero-order chi connectivity index (χ0) is 15.7. The number of nitrogens with zero attached hydrogens (tertiary/aromatic N) is 2. The molecule has 1 aromatic heterocycles. The lowest BCUT2D eigenvalue weighted by Gasteiger charge is -2.24. The van der Waals surface area contributed by atoms with E-state index in [2.05, 4.69) is 9.71 Å². The van der Waals surface area contributed by atoms with Gasteiger partial charge in [0.1, 0.15) is 0 Å². The Bertz CT molecular complexity index is 720. The van der Waals surface area contributed by atoms with Crippen LogP contribution in [0.5, 0.6) is 0 Å². The number of rotatable bonds is 7. The van der Waals surface area contributed by atoms with Gasteiger partial charge in [0.25, 0.3) is 10.2 Å². The molecule has 2 aromatic rings. The number of fused-ring (bicyclic) bond motifs is 1. The fourth-order valence-electron chi connectivity index (χ4n) is 2.51. The highest BCUT2D eigenvalue weighted by atomic mass is 32.2. The Kier molecular flexibility index (Phi) is 4.49. The topological polar surface area (TPSA) is 62.3 Å². The van der Waals surface area contributed by atoms with Crippen LogP contribution >= 0.6 is 11.3 Å². The Hall–Kier alpha value is -1.02. The van der Waals surface area contributed by atoms with E-state index in [4.69, 9.17) is 0 Å². The van der Waals surface area contributed by atoms with E-state index in [1.54, 1.807) is 18.4 Å². The number of para-hydroxylation sites is 1. The maximum Gasteiger partial charge on any atom is 0.279 e. The summed E-state index contributed by atoms with van der Waals surface area (Å²) in [5, 5.41) is 0.960. The Morgan fingerprint density at radius 3 is 2.82 bits per heavy atom. The summed E-state index contributed by atoms with van der Waals surface area (Å²) in [6, 6.07) is 8.03. The third kappa shape index (κ3) is 3.48. The summed E-state index contributed by atoms with van der Waals surface area (Å²) in [4.78, 5) is 4.52. The predicted molar refractivity (Wildman–Crippen MR) is 90.2 cm³/mol. The van der Waals surface area contributed by atoms with Crippen molar-refractivity contribution in [2.75, 3.05) is 13.6 Å². The van der Waals surface area contributed by atoms with Gasteiger partial charge in [-0.05, 0) is 37.8 Å². The van der Waals surface area contributed by atoms with Crippen LogP contribution in [-0.2, 0) is 16.6 Å². The Morgan fingerprint density at radius 1 is 1.41 bits per heavy atom. The second kappa shape index (κ2) is 6.23. The molecule has 0 spiro atoms. The average molecular weight is 339 g/mol. The van der Waals surface area contributed by atoms with Crippen molar-refractivity contribution in [1.82, 2.24) is 14.0 Å². The van der Waals surface area contributed by atoms with Crippen molar-refractivity contribution in [1.29, 1.82) is 0 Å². The average Bonchev–Trinajstić information content (AvgIpc) is 3.25. The summed E-state index contributed by atoms with van der Waals surface area (Å²) >= 11 is 1.62. The molecule has 1 N–H and O–H groups in total. The van der Waals surface area contributed by atoms with Gasteiger partial charge in [0.05, 0.1) is 15.2 Å². The van der Waals surface area contributed by atoms with E-state index in [0.29, 0.717) is 18.9 Å². The van der Waals surface area contributed by atoms with Crippen molar-refractivity contribution in [3.05, 3.63) is 29.3 Å². The van der Waals surface area contributed by atoms with Gasteiger partial charge in [-0.2, -0.15) is 12.7 Å². The number of hydrogen-bond acceptors (Lipinski definition) is 4. The first-order valence-electron chi connectivity index (χ1n) is 7.54. The van der Waals surface area contributed by atoms with Gasteiger partial charge in [0.15, 0.2) is 0 Å². The van der Waals surface area contributed by atoms with Crippen LogP contribution in [-0.4, -0.2) is 37.3 Å². The van der Waals surface area contributed by atoms with Gasteiger partial charge in [-0.3, -0.25) is 0 Å². The molecule has 1 atom stereocenters. The molecule has 5 nitrogen and oxygen atoms in total. The fraction of sp³-hybridized carbons (Fsp3) is 0.533. The summed E-state index contributed by atoms with van der Waals surface area (Å²) in [7, 11) is -1.75. The second-order valence-electron chi connectivity index (χ2n) is 5.82. The molecule has 1 aliphatic rings. The summed E-state index contributed by atoms with van der Waals surface area (Å²) in [6.07, 6.45) is 2.88. The minimum atomic E-state index is -3.40. The lowest BCUT2D eigenvalue weighted by Crippen LogP contribution is -2.44. The standard InChI is InChI=1S/C15H21N3O2S2/c1-11(12-7-8-12)18(2)22(19,20)16-10-9-15-17-13-5-3-4-6-14(13)21-15/h3-6,11-12,16H,7-10H2,1-2H3. The Morgan fingerprint density at radius 2 is 2.14 bits per heavy atom. The van der Waals surface area contributed by atoms with Crippen LogP contribution in [0.1, 0.15) is 24.8 Å². The van der Waals surface area contributed by atoms with E-state index < -0.39 is 10.2 Å². The predicted octanol–water partition coefficient (Wildman–Crippen LogP) is 2.40. The van der Waals surface area contributed by atoms with Crippen LogP contribution < -0.4 is 4.72 Å². The van der Waals surface area contributed by atoms with Crippen LogP contribution in [0.2, 0.25) is 0 Å². The summed E-state index contributed by atoms with van der Waals surface area (Å²) in [6.45, 7) is 2.36. The molecule has 1 aromatic carbocycles. The molecule has 1 fully saturated rings. The van der Waals surface area contributed by atoms with Crippen molar-refractivity contribution in [2.24, 2.45) is 5.92 Å². The Balaban J connectivity index is 1.57. The maximum absolute atomic E-state index is 12.3. The molecule has 22 heavy (non-hydrogen) atoms. The highest BCUT2D eigenvalue weighted by Gasteiger charge is 2.35. The van der Waals surface area contributed by atoms with Gasteiger partial charge >= 0.3 is 0 Å². The highest BCUT2D eigenvalue weighted by molar-refractivity contribution is 7.87. The minimum Gasteiger partial charge on any atom is -0.241 e. The molecule has 7 heteroatoms. The van der Waals surface area contributed by atoms with Gasteiger partial charge in [0.2, 0.25) is 0 Å². The monoisotopic (exact) mass is 339 g/mol. The summed E-state index contributed by atoms with van der Waals surface area (Å²) in [5.74, 6) is 0.519. The molecule has 0 radical (unpaired) electrons. The molecule has 0 saturated heterocycles. The smallest absolute Gasteiger partial charge is 0.241 e. The van der Waals surface area contributed by atoms with Crippen molar-refractivity contribution < 1.29 is 8.42 Å². The SMILES string of the molecule is CC(C1CC1)N(C)S(=O)(=O)NCCc1nc2ccccc2s1. The van der Waals surface area contributed by atoms with Crippen LogP contribution in [0.15, 0.2) is 24.3 Å².